The van der Waals surface area contributed by atoms with Gasteiger partial charge in [-0.15, -0.1) is 11.8 Å². The molecule has 1 aliphatic heterocycles. The van der Waals surface area contributed by atoms with E-state index in [0.29, 0.717) is 12.1 Å². The van der Waals surface area contributed by atoms with Gasteiger partial charge in [-0.05, 0) is 58.1 Å². The fourth-order valence-corrected chi connectivity index (χ4v) is 6.50. The minimum absolute atomic E-state index is 0.00795. The standard InChI is InChI=1S/C38H36N2O4S/c1-26-34(25-45-35-12-5-6-21-39-35)43-38(44-36(26)30-15-13-27(24-41)14-16-30)32-19-17-29(18-20-32)33-11-7-8-28(22-33)23-40-37(42)31-9-3-2-4-10-31/h2-22,26,34,36,38,41H,23-25H2,1H3,(H,40,42)/t26-,34+,36+,38+/m1/s1. The highest BCUT2D eigenvalue weighted by Crippen LogP contribution is 2.43. The minimum Gasteiger partial charge on any atom is -0.392 e. The molecule has 1 saturated heterocycles. The number of benzene rings is 4. The van der Waals surface area contributed by atoms with E-state index in [1.54, 1.807) is 11.8 Å². The molecule has 0 radical (unpaired) electrons. The molecule has 5 aromatic rings. The van der Waals surface area contributed by atoms with Crippen molar-refractivity contribution in [1.82, 2.24) is 10.3 Å². The summed E-state index contributed by atoms with van der Waals surface area (Å²) in [5, 5.41) is 13.5. The second kappa shape index (κ2) is 14.7. The normalized spacial score (nSPS) is 19.6. The summed E-state index contributed by atoms with van der Waals surface area (Å²) in [6.45, 7) is 2.62. The molecule has 0 aliphatic carbocycles. The molecule has 0 saturated carbocycles. The number of pyridine rings is 1. The van der Waals surface area contributed by atoms with Gasteiger partial charge in [0.15, 0.2) is 6.29 Å². The highest BCUT2D eigenvalue weighted by Gasteiger charge is 2.38. The minimum atomic E-state index is -0.536. The summed E-state index contributed by atoms with van der Waals surface area (Å²) in [5.74, 6) is 0.753. The van der Waals surface area contributed by atoms with Gasteiger partial charge in [0.1, 0.15) is 0 Å². The molecule has 1 aliphatic rings. The van der Waals surface area contributed by atoms with E-state index in [2.05, 4.69) is 53.6 Å². The molecule has 0 spiro atoms. The molecule has 7 heteroatoms. The Morgan fingerprint density at radius 1 is 0.800 bits per heavy atom. The zero-order valence-corrected chi connectivity index (χ0v) is 25.9. The Labute approximate surface area is 268 Å². The number of carbonyl (C=O) groups excluding carboxylic acids is 1. The number of carbonyl (C=O) groups is 1. The summed E-state index contributed by atoms with van der Waals surface area (Å²) in [6, 6.07) is 39.7. The topological polar surface area (TPSA) is 80.7 Å². The molecule has 6 nitrogen and oxygen atoms in total. The number of nitrogens with zero attached hydrogens (tertiary/aromatic N) is 1. The van der Waals surface area contributed by atoms with Crippen molar-refractivity contribution < 1.29 is 19.4 Å². The number of ether oxygens (including phenoxy) is 2. The predicted octanol–water partition coefficient (Wildman–Crippen LogP) is 7.75. The summed E-state index contributed by atoms with van der Waals surface area (Å²) >= 11 is 1.69. The van der Waals surface area contributed by atoms with Gasteiger partial charge in [0.2, 0.25) is 0 Å². The number of nitrogens with one attached hydrogen (secondary N) is 1. The maximum atomic E-state index is 12.5. The summed E-state index contributed by atoms with van der Waals surface area (Å²) in [7, 11) is 0. The Kier molecular flexibility index (Phi) is 10.0. The Balaban J connectivity index is 1.18. The van der Waals surface area contributed by atoms with Crippen LogP contribution < -0.4 is 5.32 Å². The van der Waals surface area contributed by atoms with Crippen molar-refractivity contribution in [3.8, 4) is 11.1 Å². The molecule has 4 atom stereocenters. The van der Waals surface area contributed by atoms with Crippen LogP contribution in [-0.4, -0.2) is 27.9 Å². The van der Waals surface area contributed by atoms with Gasteiger partial charge in [-0.2, -0.15) is 0 Å². The zero-order valence-electron chi connectivity index (χ0n) is 25.1. The number of hydrogen-bond donors (Lipinski definition) is 2. The number of rotatable bonds is 10. The Morgan fingerprint density at radius 2 is 1.56 bits per heavy atom. The molecule has 0 bridgehead atoms. The van der Waals surface area contributed by atoms with Crippen LogP contribution in [0.1, 0.15) is 51.9 Å². The molecule has 6 rings (SSSR count). The van der Waals surface area contributed by atoms with Crippen molar-refractivity contribution in [2.75, 3.05) is 5.75 Å². The number of amides is 1. The number of aromatic nitrogens is 1. The molecular formula is C38H36N2O4S. The van der Waals surface area contributed by atoms with Crippen LogP contribution in [0.4, 0.5) is 0 Å². The maximum Gasteiger partial charge on any atom is 0.251 e. The first-order valence-corrected chi connectivity index (χ1v) is 16.1. The monoisotopic (exact) mass is 616 g/mol. The summed E-state index contributed by atoms with van der Waals surface area (Å²) in [4.78, 5) is 17.0. The van der Waals surface area contributed by atoms with E-state index in [1.165, 1.54) is 0 Å². The summed E-state index contributed by atoms with van der Waals surface area (Å²) in [5.41, 5.74) is 6.69. The van der Waals surface area contributed by atoms with Crippen LogP contribution in [0.25, 0.3) is 11.1 Å². The first-order valence-electron chi connectivity index (χ1n) is 15.1. The third kappa shape index (κ3) is 7.70. The lowest BCUT2D eigenvalue weighted by Gasteiger charge is -2.41. The molecule has 4 aromatic carbocycles. The predicted molar refractivity (Wildman–Crippen MR) is 177 cm³/mol. The molecule has 1 amide bonds. The highest BCUT2D eigenvalue weighted by molar-refractivity contribution is 7.99. The molecule has 2 heterocycles. The lowest BCUT2D eigenvalue weighted by atomic mass is 9.91. The third-order valence-electron chi connectivity index (χ3n) is 8.09. The van der Waals surface area contributed by atoms with Crippen LogP contribution in [0, 0.1) is 5.92 Å². The van der Waals surface area contributed by atoms with Gasteiger partial charge in [-0.3, -0.25) is 4.79 Å². The number of hydrogen-bond acceptors (Lipinski definition) is 6. The van der Waals surface area contributed by atoms with Crippen LogP contribution in [-0.2, 0) is 22.6 Å². The molecule has 228 valence electrons. The molecule has 1 aromatic heterocycles. The van der Waals surface area contributed by atoms with Crippen LogP contribution in [0.15, 0.2) is 133 Å². The van der Waals surface area contributed by atoms with Gasteiger partial charge in [0, 0.05) is 35.5 Å². The summed E-state index contributed by atoms with van der Waals surface area (Å²) < 4.78 is 13.2. The lowest BCUT2D eigenvalue weighted by molar-refractivity contribution is -0.268. The van der Waals surface area contributed by atoms with Crippen LogP contribution in [0.2, 0.25) is 0 Å². The highest BCUT2D eigenvalue weighted by atomic mass is 32.2. The van der Waals surface area contributed by atoms with Crippen molar-refractivity contribution in [3.63, 3.8) is 0 Å². The van der Waals surface area contributed by atoms with Crippen LogP contribution >= 0.6 is 11.8 Å². The zero-order chi connectivity index (χ0) is 31.0. The van der Waals surface area contributed by atoms with E-state index >= 15 is 0 Å². The van der Waals surface area contributed by atoms with Crippen molar-refractivity contribution in [1.29, 1.82) is 0 Å². The average Bonchev–Trinajstić information content (AvgIpc) is 3.11. The molecular weight excluding hydrogens is 580 g/mol. The Bertz CT molecular complexity index is 1680. The second-order valence-electron chi connectivity index (χ2n) is 11.2. The Morgan fingerprint density at radius 3 is 2.29 bits per heavy atom. The van der Waals surface area contributed by atoms with Crippen molar-refractivity contribution in [2.45, 2.75) is 43.6 Å². The quantitative estimate of drug-likeness (QED) is 0.156. The van der Waals surface area contributed by atoms with E-state index < -0.39 is 6.29 Å². The second-order valence-corrected chi connectivity index (χ2v) is 12.2. The molecule has 0 unspecified atom stereocenters. The van der Waals surface area contributed by atoms with Gasteiger partial charge in [0.05, 0.1) is 23.8 Å². The van der Waals surface area contributed by atoms with E-state index in [0.717, 1.165) is 44.2 Å². The number of aliphatic hydroxyl groups excluding tert-OH is 1. The fraction of sp³-hybridized carbons (Fsp3) is 0.211. The number of thioether (sulfide) groups is 1. The molecule has 2 N–H and O–H groups in total. The van der Waals surface area contributed by atoms with Gasteiger partial charge < -0.3 is 19.9 Å². The summed E-state index contributed by atoms with van der Waals surface area (Å²) in [6.07, 6.45) is 1.03. The van der Waals surface area contributed by atoms with E-state index in [1.807, 2.05) is 91.1 Å². The van der Waals surface area contributed by atoms with Crippen molar-refractivity contribution in [3.05, 3.63) is 155 Å². The third-order valence-corrected chi connectivity index (χ3v) is 9.12. The first kappa shape index (κ1) is 30.7. The molecule has 1 fully saturated rings. The molecule has 45 heavy (non-hydrogen) atoms. The maximum absolute atomic E-state index is 12.5. The first-order chi connectivity index (χ1) is 22.1. The van der Waals surface area contributed by atoms with Gasteiger partial charge in [-0.1, -0.05) is 97.9 Å². The SMILES string of the molecule is C[C@@H]1[C@H](CSc2ccccn2)O[C@H](c2ccc(-c3cccc(CNC(=O)c4ccccc4)c3)cc2)O[C@@H]1c1ccc(CO)cc1. The largest absolute Gasteiger partial charge is 0.392 e. The smallest absolute Gasteiger partial charge is 0.251 e. The van der Waals surface area contributed by atoms with Gasteiger partial charge in [-0.25, -0.2) is 4.98 Å². The van der Waals surface area contributed by atoms with E-state index in [9.17, 15) is 9.90 Å². The van der Waals surface area contributed by atoms with Crippen molar-refractivity contribution in [2.24, 2.45) is 5.92 Å². The fourth-order valence-electron chi connectivity index (χ4n) is 5.48. The van der Waals surface area contributed by atoms with Gasteiger partial charge >= 0.3 is 0 Å². The van der Waals surface area contributed by atoms with E-state index in [-0.39, 0.29) is 30.6 Å². The Hall–Kier alpha value is -4.27. The number of aliphatic hydroxyl groups is 1. The lowest BCUT2D eigenvalue weighted by Crippen LogP contribution is -2.38. The van der Waals surface area contributed by atoms with Crippen LogP contribution in [0.3, 0.4) is 0 Å². The van der Waals surface area contributed by atoms with Crippen LogP contribution in [0.5, 0.6) is 0 Å². The average molecular weight is 617 g/mol. The van der Waals surface area contributed by atoms with Gasteiger partial charge in [0.25, 0.3) is 5.91 Å². The van der Waals surface area contributed by atoms with Crippen molar-refractivity contribution >= 4 is 17.7 Å². The van der Waals surface area contributed by atoms with E-state index in [4.69, 9.17) is 9.47 Å².